The van der Waals surface area contributed by atoms with Crippen molar-refractivity contribution >= 4 is 5.97 Å². The highest BCUT2D eigenvalue weighted by Crippen LogP contribution is 2.16. The molecule has 0 aliphatic carbocycles. The molecular formula is C43H86O4. The predicted octanol–water partition coefficient (Wildman–Crippen LogP) is 14.0. The lowest BCUT2D eigenvalue weighted by Crippen LogP contribution is -2.27. The van der Waals surface area contributed by atoms with Crippen molar-refractivity contribution in [2.75, 3.05) is 19.8 Å². The van der Waals surface area contributed by atoms with Crippen molar-refractivity contribution in [1.82, 2.24) is 0 Å². The maximum atomic E-state index is 12.2. The normalized spacial score (nSPS) is 12.1. The molecule has 4 heteroatoms. The Hall–Kier alpha value is -0.610. The zero-order valence-electron chi connectivity index (χ0n) is 32.3. The monoisotopic (exact) mass is 667 g/mol. The predicted molar refractivity (Wildman–Crippen MR) is 205 cm³/mol. The third-order valence-corrected chi connectivity index (χ3v) is 9.93. The minimum atomic E-state index is -0.524. The highest BCUT2D eigenvalue weighted by atomic mass is 16.6. The van der Waals surface area contributed by atoms with Crippen molar-refractivity contribution in [3.05, 3.63) is 0 Å². The molecular weight excluding hydrogens is 580 g/mol. The van der Waals surface area contributed by atoms with E-state index in [9.17, 15) is 9.90 Å². The van der Waals surface area contributed by atoms with Gasteiger partial charge in [0.05, 0.1) is 13.2 Å². The van der Waals surface area contributed by atoms with E-state index in [4.69, 9.17) is 9.47 Å². The molecule has 0 spiro atoms. The molecule has 0 aromatic rings. The van der Waals surface area contributed by atoms with E-state index in [1.807, 2.05) is 0 Å². The average Bonchev–Trinajstić information content (AvgIpc) is 3.08. The summed E-state index contributed by atoms with van der Waals surface area (Å²) in [4.78, 5) is 12.2. The molecule has 0 aromatic heterocycles. The van der Waals surface area contributed by atoms with Gasteiger partial charge in [-0.2, -0.15) is 0 Å². The van der Waals surface area contributed by atoms with Crippen LogP contribution in [0.1, 0.15) is 245 Å². The fourth-order valence-corrected chi connectivity index (χ4v) is 6.68. The summed E-state index contributed by atoms with van der Waals surface area (Å²) in [7, 11) is 0. The van der Waals surface area contributed by atoms with Crippen molar-refractivity contribution in [2.45, 2.75) is 251 Å². The van der Waals surface area contributed by atoms with Crippen LogP contribution in [0.5, 0.6) is 0 Å². The maximum Gasteiger partial charge on any atom is 0.306 e. The van der Waals surface area contributed by atoms with Gasteiger partial charge in [-0.25, -0.2) is 0 Å². The Bertz CT molecular complexity index is 580. The van der Waals surface area contributed by atoms with Gasteiger partial charge in [0.15, 0.2) is 0 Å². The summed E-state index contributed by atoms with van der Waals surface area (Å²) < 4.78 is 11.2. The van der Waals surface area contributed by atoms with Gasteiger partial charge in [-0.05, 0) is 12.8 Å². The van der Waals surface area contributed by atoms with Gasteiger partial charge in [0.2, 0.25) is 0 Å². The van der Waals surface area contributed by atoms with Crippen LogP contribution in [-0.4, -0.2) is 37.0 Å². The van der Waals surface area contributed by atoms with Crippen LogP contribution in [0.25, 0.3) is 0 Å². The van der Waals surface area contributed by atoms with Crippen LogP contribution < -0.4 is 0 Å². The molecule has 0 saturated heterocycles. The van der Waals surface area contributed by atoms with Crippen LogP contribution >= 0.6 is 0 Å². The maximum absolute atomic E-state index is 12.2. The minimum Gasteiger partial charge on any atom is -0.457 e. The van der Waals surface area contributed by atoms with E-state index in [0.29, 0.717) is 19.6 Å². The molecule has 0 heterocycles. The average molecular weight is 667 g/mol. The van der Waals surface area contributed by atoms with Crippen LogP contribution in [0.2, 0.25) is 0 Å². The molecule has 0 rings (SSSR count). The number of hydrogen-bond acceptors (Lipinski definition) is 4. The highest BCUT2D eigenvalue weighted by molar-refractivity contribution is 5.69. The number of esters is 1. The van der Waals surface area contributed by atoms with Crippen LogP contribution in [0.4, 0.5) is 0 Å². The van der Waals surface area contributed by atoms with Gasteiger partial charge >= 0.3 is 5.97 Å². The first-order valence-electron chi connectivity index (χ1n) is 21.6. The second-order valence-electron chi connectivity index (χ2n) is 14.8. The van der Waals surface area contributed by atoms with Gasteiger partial charge in [-0.3, -0.25) is 4.79 Å². The second-order valence-corrected chi connectivity index (χ2v) is 14.8. The van der Waals surface area contributed by atoms with E-state index in [-0.39, 0.29) is 12.6 Å². The Morgan fingerprint density at radius 2 is 0.702 bits per heavy atom. The van der Waals surface area contributed by atoms with Crippen molar-refractivity contribution in [3.63, 3.8) is 0 Å². The molecule has 282 valence electrons. The molecule has 0 saturated carbocycles. The molecule has 4 nitrogen and oxygen atoms in total. The standard InChI is InChI=1S/C43H86O4/c1-3-5-7-9-11-13-15-17-19-21-22-23-24-26-28-30-32-34-36-38-43(45)47-42(40-44)41-46-39-37-35-33-31-29-27-25-20-18-16-14-12-10-8-6-4-2/h42,44H,3-41H2,1-2H3. The minimum absolute atomic E-state index is 0.163. The molecule has 1 unspecified atom stereocenters. The summed E-state index contributed by atoms with van der Waals surface area (Å²) in [6.07, 6.45) is 47.3. The van der Waals surface area contributed by atoms with Crippen LogP contribution in [0.15, 0.2) is 0 Å². The van der Waals surface area contributed by atoms with E-state index in [0.717, 1.165) is 19.3 Å². The van der Waals surface area contributed by atoms with Gasteiger partial charge in [0.1, 0.15) is 6.10 Å². The molecule has 0 aliphatic rings. The van der Waals surface area contributed by atoms with Crippen molar-refractivity contribution in [1.29, 1.82) is 0 Å². The summed E-state index contributed by atoms with van der Waals surface area (Å²) in [5.41, 5.74) is 0. The first kappa shape index (κ1) is 46.4. The Morgan fingerprint density at radius 3 is 1.00 bits per heavy atom. The van der Waals surface area contributed by atoms with Crippen LogP contribution in [0.3, 0.4) is 0 Å². The highest BCUT2D eigenvalue weighted by Gasteiger charge is 2.13. The molecule has 0 aliphatic heterocycles. The molecule has 47 heavy (non-hydrogen) atoms. The summed E-state index contributed by atoms with van der Waals surface area (Å²) in [5.74, 6) is -0.193. The molecule has 1 N–H and O–H groups in total. The number of carbonyl (C=O) groups is 1. The van der Waals surface area contributed by atoms with E-state index >= 15 is 0 Å². The fraction of sp³-hybridized carbons (Fsp3) is 0.977. The summed E-state index contributed by atoms with van der Waals surface area (Å²) in [5, 5.41) is 9.60. The van der Waals surface area contributed by atoms with E-state index in [1.54, 1.807) is 0 Å². The third-order valence-electron chi connectivity index (χ3n) is 9.93. The quantitative estimate of drug-likeness (QED) is 0.0521. The third kappa shape index (κ3) is 39.7. The Labute approximate surface area is 295 Å². The zero-order chi connectivity index (χ0) is 34.1. The summed E-state index contributed by atoms with van der Waals surface area (Å²) >= 11 is 0. The number of aliphatic hydroxyl groups excluding tert-OH is 1. The first-order valence-corrected chi connectivity index (χ1v) is 21.6. The van der Waals surface area contributed by atoms with Gasteiger partial charge in [0.25, 0.3) is 0 Å². The number of rotatable bonds is 41. The lowest BCUT2D eigenvalue weighted by Gasteiger charge is -2.16. The molecule has 1 atom stereocenters. The molecule has 0 aromatic carbocycles. The Morgan fingerprint density at radius 1 is 0.426 bits per heavy atom. The number of ether oxygens (including phenoxy) is 2. The first-order chi connectivity index (χ1) is 23.2. The van der Waals surface area contributed by atoms with Gasteiger partial charge < -0.3 is 14.6 Å². The largest absolute Gasteiger partial charge is 0.457 e. The molecule has 0 radical (unpaired) electrons. The molecule has 0 amide bonds. The van der Waals surface area contributed by atoms with Crippen LogP contribution in [0, 0.1) is 0 Å². The van der Waals surface area contributed by atoms with Gasteiger partial charge in [-0.1, -0.05) is 226 Å². The zero-order valence-corrected chi connectivity index (χ0v) is 32.3. The lowest BCUT2D eigenvalue weighted by atomic mass is 10.0. The van der Waals surface area contributed by atoms with Crippen LogP contribution in [-0.2, 0) is 14.3 Å². The van der Waals surface area contributed by atoms with Crippen molar-refractivity contribution in [2.24, 2.45) is 0 Å². The Kier molecular flexibility index (Phi) is 41.0. The Balaban J connectivity index is 3.35. The molecule has 0 fully saturated rings. The van der Waals surface area contributed by atoms with Crippen molar-refractivity contribution < 1.29 is 19.4 Å². The topological polar surface area (TPSA) is 55.8 Å². The number of aliphatic hydroxyl groups is 1. The van der Waals surface area contributed by atoms with Gasteiger partial charge in [-0.15, -0.1) is 0 Å². The SMILES string of the molecule is CCCCCCCCCCCCCCCCCCCCCC(=O)OC(CO)COCCCCCCCCCCCCCCCCCC. The smallest absolute Gasteiger partial charge is 0.306 e. The van der Waals surface area contributed by atoms with Crippen molar-refractivity contribution in [3.8, 4) is 0 Å². The molecule has 0 bridgehead atoms. The van der Waals surface area contributed by atoms with Gasteiger partial charge in [0, 0.05) is 13.0 Å². The summed E-state index contributed by atoms with van der Waals surface area (Å²) in [6.45, 7) is 5.41. The second kappa shape index (κ2) is 41.6. The lowest BCUT2D eigenvalue weighted by molar-refractivity contribution is -0.154. The fourth-order valence-electron chi connectivity index (χ4n) is 6.68. The van der Waals surface area contributed by atoms with E-state index in [1.165, 1.54) is 205 Å². The number of hydrogen-bond donors (Lipinski definition) is 1. The summed E-state index contributed by atoms with van der Waals surface area (Å²) in [6, 6.07) is 0. The number of carbonyl (C=O) groups excluding carboxylic acids is 1. The number of unbranched alkanes of at least 4 members (excludes halogenated alkanes) is 33. The van der Waals surface area contributed by atoms with E-state index in [2.05, 4.69) is 13.8 Å². The van der Waals surface area contributed by atoms with E-state index < -0.39 is 6.10 Å².